The smallest absolute Gasteiger partial charge is 0.373 e. The number of allylic oxidation sites excluding steroid dienone is 1. The Hall–Kier alpha value is -3.25. The van der Waals surface area contributed by atoms with Gasteiger partial charge in [-0.2, -0.15) is 9.59 Å². The van der Waals surface area contributed by atoms with Crippen LogP contribution in [-0.4, -0.2) is 56.2 Å². The molecule has 0 unspecified atom stereocenters. The standard InChI is InChI=1S/C26H28N2O2S.CO2/c29-22-8-6-20-7-9-23(19-21(20)18-22)30-16-2-1-11-27-12-14-28(15-13-27)25-4-3-5-26-24(25)10-17-31-26;2-1-3/h3-10,17,19H,1-2,11-16,18H2;. The van der Waals surface area contributed by atoms with E-state index in [0.29, 0.717) is 6.42 Å². The van der Waals surface area contributed by atoms with Gasteiger partial charge in [0.2, 0.25) is 0 Å². The topological polar surface area (TPSA) is 66.9 Å². The fourth-order valence-electron chi connectivity index (χ4n) is 4.51. The van der Waals surface area contributed by atoms with E-state index in [1.165, 1.54) is 15.8 Å². The minimum atomic E-state index is 0.164. The van der Waals surface area contributed by atoms with Crippen LogP contribution < -0.4 is 9.64 Å². The Balaban J connectivity index is 0.000000868. The molecule has 1 fully saturated rings. The van der Waals surface area contributed by atoms with Crippen molar-refractivity contribution >= 4 is 45.1 Å². The predicted molar refractivity (Wildman–Crippen MR) is 134 cm³/mol. The minimum absolute atomic E-state index is 0.164. The van der Waals surface area contributed by atoms with Gasteiger partial charge in [0, 0.05) is 48.4 Å². The molecule has 6 nitrogen and oxygen atoms in total. The van der Waals surface area contributed by atoms with Crippen molar-refractivity contribution in [1.82, 2.24) is 4.90 Å². The molecule has 5 rings (SSSR count). The normalized spacial score (nSPS) is 15.4. The summed E-state index contributed by atoms with van der Waals surface area (Å²) in [5, 5.41) is 3.58. The molecule has 0 spiro atoms. The number of nitrogens with zero attached hydrogens (tertiary/aromatic N) is 2. The van der Waals surface area contributed by atoms with E-state index in [9.17, 15) is 4.79 Å². The summed E-state index contributed by atoms with van der Waals surface area (Å²) < 4.78 is 7.32. The summed E-state index contributed by atoms with van der Waals surface area (Å²) in [5.41, 5.74) is 3.58. The summed E-state index contributed by atoms with van der Waals surface area (Å²) in [4.78, 5) is 33.0. The summed E-state index contributed by atoms with van der Waals surface area (Å²) in [6, 6.07) is 15.0. The summed E-state index contributed by atoms with van der Waals surface area (Å²) in [7, 11) is 0. The number of hydrogen-bond donors (Lipinski definition) is 0. The molecule has 1 aliphatic heterocycles. The zero-order valence-electron chi connectivity index (χ0n) is 19.1. The van der Waals surface area contributed by atoms with Crippen molar-refractivity contribution in [3.8, 4) is 5.75 Å². The number of ketones is 1. The molecule has 0 amide bonds. The third-order valence-electron chi connectivity index (χ3n) is 6.25. The molecule has 0 bridgehead atoms. The Morgan fingerprint density at radius 1 is 0.971 bits per heavy atom. The Morgan fingerprint density at radius 3 is 2.62 bits per heavy atom. The number of ether oxygens (including phenoxy) is 1. The van der Waals surface area contributed by atoms with Gasteiger partial charge in [-0.05, 0) is 72.3 Å². The maximum absolute atomic E-state index is 11.6. The lowest BCUT2D eigenvalue weighted by molar-refractivity contribution is -0.191. The van der Waals surface area contributed by atoms with Crippen LogP contribution in [0.15, 0.2) is 53.9 Å². The number of carbonyl (C=O) groups is 1. The van der Waals surface area contributed by atoms with Crippen molar-refractivity contribution in [1.29, 1.82) is 0 Å². The molecule has 0 radical (unpaired) electrons. The average Bonchev–Trinajstić information content (AvgIpc) is 3.34. The van der Waals surface area contributed by atoms with Gasteiger partial charge in [0.15, 0.2) is 5.78 Å². The number of hydrogen-bond acceptors (Lipinski definition) is 7. The van der Waals surface area contributed by atoms with E-state index in [0.717, 1.165) is 69.0 Å². The predicted octanol–water partition coefficient (Wildman–Crippen LogP) is 4.44. The highest BCUT2D eigenvalue weighted by atomic mass is 32.1. The van der Waals surface area contributed by atoms with Crippen molar-refractivity contribution in [2.75, 3.05) is 44.2 Å². The number of unbranched alkanes of at least 4 members (excludes halogenated alkanes) is 1. The molecule has 2 aliphatic rings. The number of rotatable bonds is 7. The molecule has 1 saturated heterocycles. The Morgan fingerprint density at radius 2 is 1.79 bits per heavy atom. The van der Waals surface area contributed by atoms with Gasteiger partial charge in [0.05, 0.1) is 6.61 Å². The van der Waals surface area contributed by atoms with Crippen LogP contribution >= 0.6 is 11.3 Å². The van der Waals surface area contributed by atoms with Crippen LogP contribution in [0.2, 0.25) is 0 Å². The van der Waals surface area contributed by atoms with Crippen LogP contribution in [0, 0.1) is 0 Å². The van der Waals surface area contributed by atoms with Crippen molar-refractivity contribution in [2.24, 2.45) is 0 Å². The molecule has 2 heterocycles. The third kappa shape index (κ3) is 6.00. The molecule has 0 N–H and O–H groups in total. The van der Waals surface area contributed by atoms with Crippen molar-refractivity contribution in [2.45, 2.75) is 19.3 Å². The SMILES string of the molecule is O=C1C=Cc2ccc(OCCCCN3CCN(c4cccc5sccc45)CC3)cc2C1.O=C=O. The highest BCUT2D eigenvalue weighted by Crippen LogP contribution is 2.31. The van der Waals surface area contributed by atoms with Crippen LogP contribution in [0.1, 0.15) is 24.0 Å². The van der Waals surface area contributed by atoms with Crippen LogP contribution in [0.4, 0.5) is 5.69 Å². The summed E-state index contributed by atoms with van der Waals surface area (Å²) >= 11 is 1.82. The van der Waals surface area contributed by atoms with Crippen molar-refractivity contribution in [3.05, 3.63) is 65.0 Å². The lowest BCUT2D eigenvalue weighted by Gasteiger charge is -2.36. The molecule has 1 aromatic heterocycles. The molecule has 34 heavy (non-hydrogen) atoms. The highest BCUT2D eigenvalue weighted by molar-refractivity contribution is 7.17. The quantitative estimate of drug-likeness (QED) is 0.470. The second kappa shape index (κ2) is 11.7. The number of benzene rings is 2. The molecule has 2 aromatic carbocycles. The van der Waals surface area contributed by atoms with E-state index in [1.54, 1.807) is 6.08 Å². The van der Waals surface area contributed by atoms with E-state index in [2.05, 4.69) is 39.4 Å². The summed E-state index contributed by atoms with van der Waals surface area (Å²) in [5.74, 6) is 1.04. The van der Waals surface area contributed by atoms with Crippen LogP contribution in [0.25, 0.3) is 16.2 Å². The maximum atomic E-state index is 11.6. The molecule has 176 valence electrons. The first-order valence-corrected chi connectivity index (χ1v) is 12.5. The maximum Gasteiger partial charge on any atom is 0.373 e. The first-order valence-electron chi connectivity index (χ1n) is 11.6. The van der Waals surface area contributed by atoms with Gasteiger partial charge in [-0.3, -0.25) is 9.69 Å². The van der Waals surface area contributed by atoms with E-state index in [-0.39, 0.29) is 11.9 Å². The van der Waals surface area contributed by atoms with Gasteiger partial charge in [0.25, 0.3) is 0 Å². The summed E-state index contributed by atoms with van der Waals surface area (Å²) in [6.45, 7) is 6.27. The minimum Gasteiger partial charge on any atom is -0.494 e. The fourth-order valence-corrected chi connectivity index (χ4v) is 5.32. The molecular formula is C27H28N2O4S. The van der Waals surface area contributed by atoms with Gasteiger partial charge in [-0.15, -0.1) is 11.3 Å². The summed E-state index contributed by atoms with van der Waals surface area (Å²) in [6.07, 6.45) is 6.48. The molecular weight excluding hydrogens is 448 g/mol. The van der Waals surface area contributed by atoms with Crippen LogP contribution in [0.3, 0.4) is 0 Å². The molecule has 7 heteroatoms. The molecule has 0 saturated carbocycles. The van der Waals surface area contributed by atoms with Crippen molar-refractivity contribution in [3.63, 3.8) is 0 Å². The van der Waals surface area contributed by atoms with Gasteiger partial charge < -0.3 is 9.64 Å². The Bertz CT molecular complexity index is 1190. The van der Waals surface area contributed by atoms with Gasteiger partial charge in [0.1, 0.15) is 5.75 Å². The second-order valence-corrected chi connectivity index (χ2v) is 9.36. The number of piperazine rings is 1. The van der Waals surface area contributed by atoms with E-state index < -0.39 is 0 Å². The number of fused-ring (bicyclic) bond motifs is 2. The lowest BCUT2D eigenvalue weighted by Crippen LogP contribution is -2.46. The first-order chi connectivity index (χ1) is 16.7. The monoisotopic (exact) mass is 476 g/mol. The van der Waals surface area contributed by atoms with E-state index >= 15 is 0 Å². The molecule has 0 atom stereocenters. The first kappa shape index (κ1) is 23.9. The Kier molecular flexibility index (Phi) is 8.26. The van der Waals surface area contributed by atoms with Crippen molar-refractivity contribution < 1.29 is 19.1 Å². The third-order valence-corrected chi connectivity index (χ3v) is 7.13. The van der Waals surface area contributed by atoms with E-state index in [1.807, 2.05) is 35.6 Å². The Labute approximate surface area is 203 Å². The van der Waals surface area contributed by atoms with Gasteiger partial charge in [-0.1, -0.05) is 18.2 Å². The number of carbonyl (C=O) groups excluding carboxylic acids is 3. The fraction of sp³-hybridized carbons (Fsp3) is 0.333. The average molecular weight is 477 g/mol. The molecule has 3 aromatic rings. The zero-order valence-corrected chi connectivity index (χ0v) is 19.9. The van der Waals surface area contributed by atoms with E-state index in [4.69, 9.17) is 14.3 Å². The zero-order chi connectivity index (χ0) is 23.8. The number of thiophene rings is 1. The second-order valence-electron chi connectivity index (χ2n) is 8.41. The molecule has 1 aliphatic carbocycles. The number of anilines is 1. The van der Waals surface area contributed by atoms with Gasteiger partial charge in [-0.25, -0.2) is 0 Å². The van der Waals surface area contributed by atoms with Crippen LogP contribution in [-0.2, 0) is 20.8 Å². The highest BCUT2D eigenvalue weighted by Gasteiger charge is 2.18. The lowest BCUT2D eigenvalue weighted by atomic mass is 9.96. The van der Waals surface area contributed by atoms with Gasteiger partial charge >= 0.3 is 6.15 Å². The van der Waals surface area contributed by atoms with Crippen LogP contribution in [0.5, 0.6) is 5.75 Å². The largest absolute Gasteiger partial charge is 0.494 e.